The molecule has 1 N–H and O–H groups in total. The van der Waals surface area contributed by atoms with Gasteiger partial charge in [0, 0.05) is 39.7 Å². The summed E-state index contributed by atoms with van der Waals surface area (Å²) in [5, 5.41) is 3.19. The summed E-state index contributed by atoms with van der Waals surface area (Å²) < 4.78 is 5.01. The molecule has 2 aliphatic heterocycles. The summed E-state index contributed by atoms with van der Waals surface area (Å²) in [6, 6.07) is 0. The van der Waals surface area contributed by atoms with Crippen molar-refractivity contribution < 1.29 is 14.3 Å². The van der Waals surface area contributed by atoms with Crippen LogP contribution in [0.5, 0.6) is 0 Å². The van der Waals surface area contributed by atoms with Crippen molar-refractivity contribution in [2.45, 2.75) is 19.3 Å². The molecule has 2 saturated heterocycles. The zero-order chi connectivity index (χ0) is 15.2. The Hall–Kier alpha value is -1.14. The van der Waals surface area contributed by atoms with E-state index < -0.39 is 0 Å². The number of nitrogens with one attached hydrogen (secondary N) is 1. The van der Waals surface area contributed by atoms with Crippen LogP contribution in [0.2, 0.25) is 0 Å². The first-order valence-electron chi connectivity index (χ1n) is 7.85. The highest BCUT2D eigenvalue weighted by molar-refractivity contribution is 5.89. The van der Waals surface area contributed by atoms with Gasteiger partial charge in [-0.25, -0.2) is 0 Å². The zero-order valence-corrected chi connectivity index (χ0v) is 13.1. The van der Waals surface area contributed by atoms with Gasteiger partial charge in [0.25, 0.3) is 0 Å². The van der Waals surface area contributed by atoms with Gasteiger partial charge in [-0.2, -0.15) is 0 Å². The van der Waals surface area contributed by atoms with E-state index in [9.17, 15) is 9.59 Å². The highest BCUT2D eigenvalue weighted by Gasteiger charge is 2.37. The van der Waals surface area contributed by atoms with Crippen LogP contribution in [0.15, 0.2) is 0 Å². The lowest BCUT2D eigenvalue weighted by molar-refractivity contribution is -0.137. The third kappa shape index (κ3) is 4.17. The van der Waals surface area contributed by atoms with E-state index in [1.54, 1.807) is 12.0 Å². The molecule has 0 aromatic carbocycles. The number of nitrogens with zero attached hydrogens (tertiary/aromatic N) is 2. The fourth-order valence-corrected chi connectivity index (χ4v) is 3.33. The normalized spacial score (nSPS) is 26.5. The Morgan fingerprint density at radius 2 is 2.24 bits per heavy atom. The largest absolute Gasteiger partial charge is 0.383 e. The molecule has 2 heterocycles. The molecule has 6 nitrogen and oxygen atoms in total. The summed E-state index contributed by atoms with van der Waals surface area (Å²) in [6.45, 7) is 4.27. The van der Waals surface area contributed by atoms with Crippen LogP contribution >= 0.6 is 0 Å². The maximum Gasteiger partial charge on any atom is 0.228 e. The van der Waals surface area contributed by atoms with Crippen LogP contribution in [0.3, 0.4) is 0 Å². The molecular weight excluding hydrogens is 270 g/mol. The second-order valence-corrected chi connectivity index (χ2v) is 6.08. The summed E-state index contributed by atoms with van der Waals surface area (Å²) in [5.41, 5.74) is 0. The molecule has 0 aromatic heterocycles. The summed E-state index contributed by atoms with van der Waals surface area (Å²) in [5.74, 6) is 0.607. The molecule has 120 valence electrons. The molecule has 0 saturated carbocycles. The minimum atomic E-state index is -0.164. The molecule has 0 aromatic rings. The van der Waals surface area contributed by atoms with E-state index in [4.69, 9.17) is 4.74 Å². The maximum absolute atomic E-state index is 12.6. The highest BCUT2D eigenvalue weighted by Crippen LogP contribution is 2.23. The standard InChI is InChI=1S/C15H27N3O3/c1-16-9-12-4-3-5-18(10-12)15(20)13-8-14(19)17(11-13)6-7-21-2/h12-13,16H,3-11H2,1-2H3. The number of carbonyl (C=O) groups excluding carboxylic acids is 2. The number of hydrogen-bond donors (Lipinski definition) is 1. The second kappa shape index (κ2) is 7.75. The Morgan fingerprint density at radius 3 is 2.95 bits per heavy atom. The average molecular weight is 297 g/mol. The van der Waals surface area contributed by atoms with Gasteiger partial charge in [0.2, 0.25) is 11.8 Å². The van der Waals surface area contributed by atoms with E-state index in [2.05, 4.69) is 5.32 Å². The molecule has 0 aliphatic carbocycles. The number of hydrogen-bond acceptors (Lipinski definition) is 4. The molecule has 2 atom stereocenters. The van der Waals surface area contributed by atoms with Gasteiger partial charge in [-0.1, -0.05) is 0 Å². The van der Waals surface area contributed by atoms with Gasteiger partial charge < -0.3 is 19.9 Å². The third-order valence-corrected chi connectivity index (χ3v) is 4.45. The topological polar surface area (TPSA) is 61.9 Å². The molecule has 2 rings (SSSR count). The van der Waals surface area contributed by atoms with Crippen molar-refractivity contribution in [2.75, 3.05) is 53.5 Å². The van der Waals surface area contributed by atoms with Crippen LogP contribution in [0.25, 0.3) is 0 Å². The zero-order valence-electron chi connectivity index (χ0n) is 13.1. The van der Waals surface area contributed by atoms with E-state index in [-0.39, 0.29) is 17.7 Å². The van der Waals surface area contributed by atoms with Crippen molar-refractivity contribution in [1.29, 1.82) is 0 Å². The lowest BCUT2D eigenvalue weighted by Gasteiger charge is -2.34. The van der Waals surface area contributed by atoms with Crippen molar-refractivity contribution in [1.82, 2.24) is 15.1 Å². The van der Waals surface area contributed by atoms with Crippen molar-refractivity contribution in [3.8, 4) is 0 Å². The number of piperidine rings is 1. The Balaban J connectivity index is 1.87. The van der Waals surface area contributed by atoms with Crippen LogP contribution in [-0.2, 0) is 14.3 Å². The van der Waals surface area contributed by atoms with Crippen LogP contribution in [0.1, 0.15) is 19.3 Å². The molecule has 21 heavy (non-hydrogen) atoms. The number of ether oxygens (including phenoxy) is 1. The van der Waals surface area contributed by atoms with E-state index in [1.165, 1.54) is 6.42 Å². The Morgan fingerprint density at radius 1 is 1.43 bits per heavy atom. The molecule has 2 fully saturated rings. The van der Waals surface area contributed by atoms with Gasteiger partial charge >= 0.3 is 0 Å². The SMILES string of the molecule is CNCC1CCCN(C(=O)C2CC(=O)N(CCOC)C2)C1. The Labute approximate surface area is 126 Å². The van der Waals surface area contributed by atoms with Gasteiger partial charge in [0.05, 0.1) is 12.5 Å². The number of amides is 2. The molecule has 0 bridgehead atoms. The quantitative estimate of drug-likeness (QED) is 0.746. The Bertz CT molecular complexity index is 373. The van der Waals surface area contributed by atoms with Gasteiger partial charge in [0.15, 0.2) is 0 Å². The van der Waals surface area contributed by atoms with E-state index >= 15 is 0 Å². The number of methoxy groups -OCH3 is 1. The molecule has 2 amide bonds. The smallest absolute Gasteiger partial charge is 0.228 e. The maximum atomic E-state index is 12.6. The molecule has 0 radical (unpaired) electrons. The van der Waals surface area contributed by atoms with Crippen molar-refractivity contribution in [3.63, 3.8) is 0 Å². The predicted octanol–water partition coefficient (Wildman–Crippen LogP) is -0.0607. The first-order valence-corrected chi connectivity index (χ1v) is 7.85. The van der Waals surface area contributed by atoms with Gasteiger partial charge in [-0.3, -0.25) is 9.59 Å². The summed E-state index contributed by atoms with van der Waals surface area (Å²) in [7, 11) is 3.57. The van der Waals surface area contributed by atoms with Gasteiger partial charge in [-0.05, 0) is 32.4 Å². The Kier molecular flexibility index (Phi) is 5.99. The number of likely N-dealkylation sites (tertiary alicyclic amines) is 2. The molecule has 0 spiro atoms. The number of carbonyl (C=O) groups is 2. The van der Waals surface area contributed by atoms with E-state index in [0.29, 0.717) is 32.0 Å². The van der Waals surface area contributed by atoms with E-state index in [1.807, 2.05) is 11.9 Å². The van der Waals surface area contributed by atoms with Crippen LogP contribution in [0, 0.1) is 11.8 Å². The second-order valence-electron chi connectivity index (χ2n) is 6.08. The molecule has 2 unspecified atom stereocenters. The highest BCUT2D eigenvalue weighted by atomic mass is 16.5. The molecule has 6 heteroatoms. The fraction of sp³-hybridized carbons (Fsp3) is 0.867. The van der Waals surface area contributed by atoms with Crippen LogP contribution in [0.4, 0.5) is 0 Å². The lowest BCUT2D eigenvalue weighted by atomic mass is 9.96. The molecular formula is C15H27N3O3. The van der Waals surface area contributed by atoms with Gasteiger partial charge in [0.1, 0.15) is 0 Å². The third-order valence-electron chi connectivity index (χ3n) is 4.45. The van der Waals surface area contributed by atoms with Gasteiger partial charge in [-0.15, -0.1) is 0 Å². The lowest BCUT2D eigenvalue weighted by Crippen LogP contribution is -2.45. The van der Waals surface area contributed by atoms with Crippen molar-refractivity contribution in [2.24, 2.45) is 11.8 Å². The van der Waals surface area contributed by atoms with E-state index in [0.717, 1.165) is 26.1 Å². The first-order chi connectivity index (χ1) is 10.2. The fourth-order valence-electron chi connectivity index (χ4n) is 3.33. The summed E-state index contributed by atoms with van der Waals surface area (Å²) in [4.78, 5) is 28.3. The average Bonchev–Trinajstić information content (AvgIpc) is 2.86. The summed E-state index contributed by atoms with van der Waals surface area (Å²) in [6.07, 6.45) is 2.59. The van der Waals surface area contributed by atoms with Crippen LogP contribution < -0.4 is 5.32 Å². The van der Waals surface area contributed by atoms with Crippen molar-refractivity contribution >= 4 is 11.8 Å². The predicted molar refractivity (Wildman–Crippen MR) is 79.8 cm³/mol. The van der Waals surface area contributed by atoms with Crippen molar-refractivity contribution in [3.05, 3.63) is 0 Å². The summed E-state index contributed by atoms with van der Waals surface area (Å²) >= 11 is 0. The minimum absolute atomic E-state index is 0.0779. The minimum Gasteiger partial charge on any atom is -0.383 e. The monoisotopic (exact) mass is 297 g/mol. The first kappa shape index (κ1) is 16.2. The van der Waals surface area contributed by atoms with Crippen LogP contribution in [-0.4, -0.2) is 75.1 Å². The molecule has 2 aliphatic rings. The number of rotatable bonds is 6.